The van der Waals surface area contributed by atoms with Crippen LogP contribution >= 0.6 is 57.1 Å². The molecule has 9 aromatic heterocycles. The number of aryl methyl sites for hydroxylation is 10. The Morgan fingerprint density at radius 3 is 1.63 bits per heavy atom. The molecule has 0 radical (unpaired) electrons. The van der Waals surface area contributed by atoms with Gasteiger partial charge in [0, 0.05) is 78.4 Å². The van der Waals surface area contributed by atoms with E-state index in [1.807, 2.05) is 163 Å². The van der Waals surface area contributed by atoms with Crippen LogP contribution in [0.25, 0.3) is 36.2 Å². The first-order valence-corrected chi connectivity index (χ1v) is 25.7. The summed E-state index contributed by atoms with van der Waals surface area (Å²) >= 11 is 8.93. The number of thioether (sulfide) groups is 1. The lowest BCUT2D eigenvalue weighted by molar-refractivity contribution is 0.728. The third-order valence-corrected chi connectivity index (χ3v) is 13.2. The van der Waals surface area contributed by atoms with E-state index in [2.05, 4.69) is 81.9 Å². The Bertz CT molecular complexity index is 2070. The van der Waals surface area contributed by atoms with Crippen LogP contribution in [0, 0.1) is 41.5 Å². The lowest BCUT2D eigenvalue weighted by Crippen LogP contribution is -1.94. The molecule has 0 bridgehead atoms. The number of thiazole rings is 1. The number of imidazole rings is 1. The Hall–Kier alpha value is -3.76. The first-order valence-electron chi connectivity index (χ1n) is 21.0. The fraction of sp³-hybridized carbons (Fsp3) is 0.489. The Balaban J connectivity index is 0.000000356. The van der Waals surface area contributed by atoms with E-state index in [9.17, 15) is 0 Å². The van der Waals surface area contributed by atoms with Crippen molar-refractivity contribution in [3.05, 3.63) is 90.8 Å². The Morgan fingerprint density at radius 1 is 0.500 bits per heavy atom. The number of aromatic nitrogens is 10. The average Bonchev–Trinajstić information content (AvgIpc) is 4.12. The predicted molar refractivity (Wildman–Crippen MR) is 272 cm³/mol. The van der Waals surface area contributed by atoms with E-state index in [4.69, 9.17) is 0 Å². The van der Waals surface area contributed by atoms with Crippen LogP contribution in [-0.2, 0) is 39.7 Å². The summed E-state index contributed by atoms with van der Waals surface area (Å²) in [5, 5.41) is 30.3. The van der Waals surface area contributed by atoms with Gasteiger partial charge in [-0.05, 0) is 64.4 Å². The molecule has 1 aliphatic heterocycles. The van der Waals surface area contributed by atoms with Crippen molar-refractivity contribution in [3.8, 4) is 0 Å². The fourth-order valence-corrected chi connectivity index (χ4v) is 10.7. The average molecular weight is 913 g/mol. The van der Waals surface area contributed by atoms with Crippen LogP contribution < -0.4 is 0 Å². The molecule has 10 nitrogen and oxygen atoms in total. The standard InChI is InChI=1S/C7H10N2S.4C7H8N2S.5C2H6/c2*1-5-6-3-10-4-7(6)9(2)8-5;1-5-7-6(3-4-10-7)9(2)8-5;1-5-6-3-4-10-7(6)9(2)8-5;1-5-7-9(3-4-10-7)6(2)8-5;5*1-2/h3-4H2,1-2H3;4*3-4H,1-2H3;5*1-2H3. The SMILES string of the molecule is CC.CC.CC.CC.CC.Cc1nc(C)n2ccsc12.Cc1nn(C)c2c1CSC2.Cc1nn(C)c2ccsc12.Cc1nn(C)c2cscc12.Cc1nn(C)c2sccc12. The smallest absolute Gasteiger partial charge is 0.122 e. The summed E-state index contributed by atoms with van der Waals surface area (Å²) in [6.07, 6.45) is 2.05. The minimum Gasteiger partial charge on any atom is -0.294 e. The number of thiophene rings is 3. The molecule has 0 saturated heterocycles. The van der Waals surface area contributed by atoms with Crippen molar-refractivity contribution in [1.29, 1.82) is 0 Å². The molecule has 0 atom stereocenters. The third-order valence-electron chi connectivity index (χ3n) is 8.49. The zero-order chi connectivity index (χ0) is 45.7. The van der Waals surface area contributed by atoms with Crippen molar-refractivity contribution in [2.24, 2.45) is 28.2 Å². The molecular weight excluding hydrogens is 841 g/mol. The molecule has 0 amide bonds. The quantitative estimate of drug-likeness (QED) is 0.151. The molecule has 60 heavy (non-hydrogen) atoms. The van der Waals surface area contributed by atoms with E-state index in [0.29, 0.717) is 0 Å². The monoisotopic (exact) mass is 912 g/mol. The summed E-state index contributed by atoms with van der Waals surface area (Å²) in [7, 11) is 7.95. The molecule has 332 valence electrons. The summed E-state index contributed by atoms with van der Waals surface area (Å²) in [5.74, 6) is 3.38. The third kappa shape index (κ3) is 13.6. The van der Waals surface area contributed by atoms with Crippen molar-refractivity contribution >= 4 is 93.3 Å². The number of hydrogen-bond donors (Lipinski definition) is 0. The van der Waals surface area contributed by atoms with Crippen LogP contribution in [0.15, 0.2) is 45.2 Å². The van der Waals surface area contributed by atoms with E-state index in [0.717, 1.165) is 40.1 Å². The largest absolute Gasteiger partial charge is 0.294 e. The van der Waals surface area contributed by atoms with Gasteiger partial charge in [-0.3, -0.25) is 23.1 Å². The van der Waals surface area contributed by atoms with Gasteiger partial charge in [-0.2, -0.15) is 32.2 Å². The van der Waals surface area contributed by atoms with Crippen LogP contribution in [0.3, 0.4) is 0 Å². The molecule has 0 unspecified atom stereocenters. The lowest BCUT2D eigenvalue weighted by Gasteiger charge is -1.92. The van der Waals surface area contributed by atoms with E-state index in [1.165, 1.54) is 53.1 Å². The highest BCUT2D eigenvalue weighted by atomic mass is 32.2. The molecule has 10 rings (SSSR count). The number of hydrogen-bond acceptors (Lipinski definition) is 10. The van der Waals surface area contributed by atoms with Crippen LogP contribution in [0.1, 0.15) is 115 Å². The predicted octanol–water partition coefficient (Wildman–Crippen LogP) is 14.4. The van der Waals surface area contributed by atoms with Gasteiger partial charge in [0.05, 0.1) is 49.9 Å². The Labute approximate surface area is 380 Å². The van der Waals surface area contributed by atoms with Gasteiger partial charge in [0.25, 0.3) is 0 Å². The van der Waals surface area contributed by atoms with Gasteiger partial charge in [0.1, 0.15) is 15.5 Å². The van der Waals surface area contributed by atoms with E-state index < -0.39 is 0 Å². The molecule has 0 N–H and O–H groups in total. The highest BCUT2D eigenvalue weighted by Gasteiger charge is 2.18. The van der Waals surface area contributed by atoms with Crippen LogP contribution in [0.2, 0.25) is 0 Å². The molecule has 0 aromatic carbocycles. The fourth-order valence-electron chi connectivity index (χ4n) is 5.96. The first kappa shape index (κ1) is 54.3. The van der Waals surface area contributed by atoms with Crippen molar-refractivity contribution in [2.75, 3.05) is 0 Å². The summed E-state index contributed by atoms with van der Waals surface area (Å²) < 4.78 is 11.2. The normalized spacial score (nSPS) is 10.5. The highest BCUT2D eigenvalue weighted by Crippen LogP contribution is 2.31. The maximum absolute atomic E-state index is 4.34. The number of fused-ring (bicyclic) bond motifs is 5. The second-order valence-corrected chi connectivity index (χ2v) is 16.5. The molecule has 0 saturated carbocycles. The molecule has 10 heterocycles. The number of rotatable bonds is 0. The van der Waals surface area contributed by atoms with Gasteiger partial charge in [-0.25, -0.2) is 4.98 Å². The summed E-state index contributed by atoms with van der Waals surface area (Å²) in [6.45, 7) is 32.3. The first-order chi connectivity index (χ1) is 28.9. The van der Waals surface area contributed by atoms with Crippen LogP contribution in [-0.4, -0.2) is 48.5 Å². The number of nitrogens with zero attached hydrogens (tertiary/aromatic N) is 10. The molecule has 0 spiro atoms. The van der Waals surface area contributed by atoms with E-state index >= 15 is 0 Å². The molecule has 15 heteroatoms. The molecule has 0 aliphatic carbocycles. The zero-order valence-electron chi connectivity index (χ0n) is 40.0. The van der Waals surface area contributed by atoms with Crippen molar-refractivity contribution in [1.82, 2.24) is 48.5 Å². The van der Waals surface area contributed by atoms with Crippen molar-refractivity contribution in [3.63, 3.8) is 0 Å². The van der Waals surface area contributed by atoms with Gasteiger partial charge in [-0.1, -0.05) is 69.2 Å². The minimum absolute atomic E-state index is 1.08. The van der Waals surface area contributed by atoms with Gasteiger partial charge >= 0.3 is 0 Å². The second kappa shape index (κ2) is 28.0. The molecular formula is C45H72N10S5. The molecule has 9 aromatic rings. The topological polar surface area (TPSA) is 88.6 Å². The van der Waals surface area contributed by atoms with Crippen molar-refractivity contribution in [2.45, 2.75) is 122 Å². The minimum atomic E-state index is 1.08. The summed E-state index contributed by atoms with van der Waals surface area (Å²) in [5.41, 5.74) is 11.1. The van der Waals surface area contributed by atoms with Gasteiger partial charge in [0.2, 0.25) is 0 Å². The van der Waals surface area contributed by atoms with E-state index in [1.54, 1.807) is 45.3 Å². The summed E-state index contributed by atoms with van der Waals surface area (Å²) in [4.78, 5) is 6.85. The summed E-state index contributed by atoms with van der Waals surface area (Å²) in [6, 6.07) is 4.21. The van der Waals surface area contributed by atoms with Gasteiger partial charge < -0.3 is 0 Å². The maximum atomic E-state index is 4.34. The van der Waals surface area contributed by atoms with Crippen LogP contribution in [0.5, 0.6) is 0 Å². The Morgan fingerprint density at radius 2 is 1.05 bits per heavy atom. The highest BCUT2D eigenvalue weighted by molar-refractivity contribution is 7.98. The molecule has 1 aliphatic rings. The van der Waals surface area contributed by atoms with Gasteiger partial charge in [-0.15, -0.1) is 45.3 Å². The van der Waals surface area contributed by atoms with Gasteiger partial charge in [0.15, 0.2) is 0 Å². The zero-order valence-corrected chi connectivity index (χ0v) is 44.1. The maximum Gasteiger partial charge on any atom is 0.122 e. The van der Waals surface area contributed by atoms with Crippen molar-refractivity contribution < 1.29 is 0 Å². The lowest BCUT2D eigenvalue weighted by atomic mass is 10.2. The van der Waals surface area contributed by atoms with E-state index in [-0.39, 0.29) is 0 Å². The second-order valence-electron chi connectivity index (χ2n) is 12.0. The van der Waals surface area contributed by atoms with Crippen LogP contribution in [0.4, 0.5) is 0 Å². The molecule has 0 fully saturated rings. The Kier molecular flexibility index (Phi) is 25.3.